The molecule has 0 aliphatic rings. The molecule has 25 heavy (non-hydrogen) atoms. The molecule has 1 aromatic heterocycles. The highest BCUT2D eigenvalue weighted by atomic mass is 32.1. The summed E-state index contributed by atoms with van der Waals surface area (Å²) in [5.74, 6) is 0.640. The summed E-state index contributed by atoms with van der Waals surface area (Å²) in [5, 5.41) is 4.98. The molecule has 0 radical (unpaired) electrons. The van der Waals surface area contributed by atoms with Crippen molar-refractivity contribution in [3.63, 3.8) is 0 Å². The molecule has 0 unspecified atom stereocenters. The monoisotopic (exact) mass is 351 g/mol. The standard InChI is InChI=1S/C21H21NO2S/c1-16(20-12-7-13-25-20)22-21(23)15-24-19-11-6-5-10-18(19)14-17-8-3-2-4-9-17/h2-13,16H,14-15H2,1H3,(H,22,23)/t16-/m0/s1. The highest BCUT2D eigenvalue weighted by Crippen LogP contribution is 2.22. The van der Waals surface area contributed by atoms with Crippen LogP contribution < -0.4 is 10.1 Å². The van der Waals surface area contributed by atoms with Gasteiger partial charge in [-0.05, 0) is 35.6 Å². The molecule has 0 aliphatic heterocycles. The molecule has 3 rings (SSSR count). The van der Waals surface area contributed by atoms with Crippen LogP contribution in [0, 0.1) is 0 Å². The molecule has 0 saturated heterocycles. The van der Waals surface area contributed by atoms with E-state index in [1.165, 1.54) is 5.56 Å². The van der Waals surface area contributed by atoms with Crippen LogP contribution >= 0.6 is 11.3 Å². The van der Waals surface area contributed by atoms with Gasteiger partial charge in [0, 0.05) is 11.3 Å². The summed E-state index contributed by atoms with van der Waals surface area (Å²) in [6.07, 6.45) is 0.782. The molecule has 0 bridgehead atoms. The van der Waals surface area contributed by atoms with E-state index in [1.807, 2.05) is 66.9 Å². The molecule has 1 atom stereocenters. The van der Waals surface area contributed by atoms with Gasteiger partial charge in [0.15, 0.2) is 6.61 Å². The third-order valence-corrected chi connectivity index (χ3v) is 4.97. The smallest absolute Gasteiger partial charge is 0.258 e. The molecule has 1 heterocycles. The van der Waals surface area contributed by atoms with Crippen molar-refractivity contribution < 1.29 is 9.53 Å². The number of ether oxygens (including phenoxy) is 1. The van der Waals surface area contributed by atoms with Gasteiger partial charge < -0.3 is 10.1 Å². The Hall–Kier alpha value is -2.59. The fourth-order valence-electron chi connectivity index (χ4n) is 2.64. The van der Waals surface area contributed by atoms with Gasteiger partial charge in [0.25, 0.3) is 5.91 Å². The van der Waals surface area contributed by atoms with Crippen molar-refractivity contribution in [3.8, 4) is 5.75 Å². The van der Waals surface area contributed by atoms with Crippen LogP contribution in [0.3, 0.4) is 0 Å². The summed E-state index contributed by atoms with van der Waals surface area (Å²) in [4.78, 5) is 13.3. The normalized spacial score (nSPS) is 11.7. The number of carbonyl (C=O) groups is 1. The van der Waals surface area contributed by atoms with E-state index in [1.54, 1.807) is 11.3 Å². The van der Waals surface area contributed by atoms with Crippen LogP contribution in [0.5, 0.6) is 5.75 Å². The lowest BCUT2D eigenvalue weighted by molar-refractivity contribution is -0.123. The Labute approximate surface area is 152 Å². The molecule has 4 heteroatoms. The lowest BCUT2D eigenvalue weighted by Gasteiger charge is -2.14. The maximum absolute atomic E-state index is 12.2. The van der Waals surface area contributed by atoms with Gasteiger partial charge in [-0.2, -0.15) is 0 Å². The zero-order chi connectivity index (χ0) is 17.5. The average Bonchev–Trinajstić information content (AvgIpc) is 3.17. The topological polar surface area (TPSA) is 38.3 Å². The van der Waals surface area contributed by atoms with E-state index in [2.05, 4.69) is 17.4 Å². The number of amides is 1. The molecule has 0 fully saturated rings. The maximum Gasteiger partial charge on any atom is 0.258 e. The molecule has 1 N–H and O–H groups in total. The minimum Gasteiger partial charge on any atom is -0.483 e. The molecular weight excluding hydrogens is 330 g/mol. The van der Waals surface area contributed by atoms with Crippen LogP contribution in [0.4, 0.5) is 0 Å². The lowest BCUT2D eigenvalue weighted by atomic mass is 10.0. The number of thiophene rings is 1. The van der Waals surface area contributed by atoms with Crippen LogP contribution in [0.25, 0.3) is 0 Å². The first-order chi connectivity index (χ1) is 12.2. The second-order valence-electron chi connectivity index (χ2n) is 5.86. The number of carbonyl (C=O) groups excluding carboxylic acids is 1. The number of hydrogen-bond acceptors (Lipinski definition) is 3. The Kier molecular flexibility index (Phi) is 5.86. The van der Waals surface area contributed by atoms with Crippen molar-refractivity contribution in [3.05, 3.63) is 88.1 Å². The fraction of sp³-hybridized carbons (Fsp3) is 0.190. The number of rotatable bonds is 7. The predicted molar refractivity (Wildman–Crippen MR) is 102 cm³/mol. The van der Waals surface area contributed by atoms with E-state index in [-0.39, 0.29) is 18.6 Å². The van der Waals surface area contributed by atoms with Crippen LogP contribution in [0.1, 0.15) is 29.0 Å². The van der Waals surface area contributed by atoms with E-state index in [0.29, 0.717) is 0 Å². The Morgan fingerprint density at radius 2 is 1.80 bits per heavy atom. The van der Waals surface area contributed by atoms with Crippen molar-refractivity contribution in [2.75, 3.05) is 6.61 Å². The molecule has 2 aromatic carbocycles. The quantitative estimate of drug-likeness (QED) is 0.676. The zero-order valence-corrected chi connectivity index (χ0v) is 15.0. The van der Waals surface area contributed by atoms with Gasteiger partial charge in [0.1, 0.15) is 5.75 Å². The number of benzene rings is 2. The Morgan fingerprint density at radius 3 is 2.56 bits per heavy atom. The van der Waals surface area contributed by atoms with E-state index in [0.717, 1.165) is 22.6 Å². The highest BCUT2D eigenvalue weighted by molar-refractivity contribution is 7.10. The van der Waals surface area contributed by atoms with Gasteiger partial charge in [-0.3, -0.25) is 4.79 Å². The summed E-state index contributed by atoms with van der Waals surface area (Å²) in [7, 11) is 0. The summed E-state index contributed by atoms with van der Waals surface area (Å²) < 4.78 is 5.78. The molecular formula is C21H21NO2S. The largest absolute Gasteiger partial charge is 0.483 e. The molecule has 0 aliphatic carbocycles. The molecule has 0 spiro atoms. The van der Waals surface area contributed by atoms with Crippen molar-refractivity contribution >= 4 is 17.2 Å². The summed E-state index contributed by atoms with van der Waals surface area (Å²) in [5.41, 5.74) is 2.29. The zero-order valence-electron chi connectivity index (χ0n) is 14.1. The van der Waals surface area contributed by atoms with Crippen LogP contribution in [-0.4, -0.2) is 12.5 Å². The van der Waals surface area contributed by atoms with Crippen molar-refractivity contribution in [2.24, 2.45) is 0 Å². The predicted octanol–water partition coefficient (Wildman–Crippen LogP) is 4.60. The molecule has 1 amide bonds. The molecule has 0 saturated carbocycles. The average molecular weight is 351 g/mol. The minimum absolute atomic E-state index is 0.00402. The van der Waals surface area contributed by atoms with Crippen LogP contribution in [0.15, 0.2) is 72.1 Å². The van der Waals surface area contributed by atoms with Crippen LogP contribution in [-0.2, 0) is 11.2 Å². The van der Waals surface area contributed by atoms with Crippen molar-refractivity contribution in [1.29, 1.82) is 0 Å². The highest BCUT2D eigenvalue weighted by Gasteiger charge is 2.12. The van der Waals surface area contributed by atoms with Crippen molar-refractivity contribution in [1.82, 2.24) is 5.32 Å². The number of hydrogen-bond donors (Lipinski definition) is 1. The van der Waals surface area contributed by atoms with E-state index in [9.17, 15) is 4.79 Å². The Bertz CT molecular complexity index is 800. The second-order valence-corrected chi connectivity index (χ2v) is 6.84. The van der Waals surface area contributed by atoms with E-state index >= 15 is 0 Å². The first-order valence-electron chi connectivity index (χ1n) is 8.30. The van der Waals surface area contributed by atoms with E-state index < -0.39 is 0 Å². The van der Waals surface area contributed by atoms with Crippen LogP contribution in [0.2, 0.25) is 0 Å². The minimum atomic E-state index is -0.115. The fourth-order valence-corrected chi connectivity index (χ4v) is 3.38. The van der Waals surface area contributed by atoms with Crippen molar-refractivity contribution in [2.45, 2.75) is 19.4 Å². The Morgan fingerprint density at radius 1 is 1.04 bits per heavy atom. The maximum atomic E-state index is 12.2. The molecule has 128 valence electrons. The summed E-state index contributed by atoms with van der Waals surface area (Å²) in [6.45, 7) is 1.99. The van der Waals surface area contributed by atoms with Gasteiger partial charge in [-0.15, -0.1) is 11.3 Å². The van der Waals surface area contributed by atoms with Gasteiger partial charge in [-0.25, -0.2) is 0 Å². The lowest BCUT2D eigenvalue weighted by Crippen LogP contribution is -2.31. The SMILES string of the molecule is C[C@H](NC(=O)COc1ccccc1Cc1ccccc1)c1cccs1. The van der Waals surface area contributed by atoms with Gasteiger partial charge in [0.2, 0.25) is 0 Å². The van der Waals surface area contributed by atoms with Gasteiger partial charge in [-0.1, -0.05) is 54.6 Å². The summed E-state index contributed by atoms with van der Waals surface area (Å²) in [6, 6.07) is 22.1. The van der Waals surface area contributed by atoms with Gasteiger partial charge in [0.05, 0.1) is 6.04 Å². The molecule has 3 nitrogen and oxygen atoms in total. The third-order valence-electron chi connectivity index (χ3n) is 3.92. The number of para-hydroxylation sites is 1. The summed E-state index contributed by atoms with van der Waals surface area (Å²) >= 11 is 1.64. The van der Waals surface area contributed by atoms with Gasteiger partial charge >= 0.3 is 0 Å². The first kappa shape index (κ1) is 17.2. The Balaban J connectivity index is 1.58. The third kappa shape index (κ3) is 4.94. The molecule has 3 aromatic rings. The van der Waals surface area contributed by atoms with E-state index in [4.69, 9.17) is 4.74 Å². The second kappa shape index (κ2) is 8.49. The first-order valence-corrected chi connectivity index (χ1v) is 9.18. The number of nitrogens with one attached hydrogen (secondary N) is 1.